The van der Waals surface area contributed by atoms with E-state index in [4.69, 9.17) is 20.9 Å². The van der Waals surface area contributed by atoms with Gasteiger partial charge in [-0.3, -0.25) is 4.90 Å². The Labute approximate surface area is 303 Å². The molecule has 0 aliphatic carbocycles. The molecule has 276 valence electrons. The van der Waals surface area contributed by atoms with Crippen molar-refractivity contribution in [2.75, 3.05) is 50.9 Å². The number of hydrogen-bond donors (Lipinski definition) is 2. The average molecular weight is 732 g/mol. The number of hydrogen-bond acceptors (Lipinski definition) is 8. The topological polar surface area (TPSA) is 83.0 Å². The maximum atomic E-state index is 17.2. The molecule has 6 heterocycles. The number of piperazine rings is 1. The van der Waals surface area contributed by atoms with Gasteiger partial charge >= 0.3 is 6.01 Å². The van der Waals surface area contributed by atoms with E-state index >= 15 is 13.2 Å². The molecule has 1 aromatic heterocycles. The normalized spacial score (nSPS) is 26.9. The molecule has 4 aromatic rings. The molecule has 13 heteroatoms. The lowest BCUT2D eigenvalue weighted by Gasteiger charge is -2.47. The molecule has 5 saturated heterocycles. The molecule has 5 fully saturated rings. The molecule has 2 bridgehead atoms. The Hall–Kier alpha value is -4.51. The number of terminal acetylenes is 1. The minimum Gasteiger partial charge on any atom is -0.508 e. The van der Waals surface area contributed by atoms with Gasteiger partial charge in [-0.15, -0.1) is 6.42 Å². The van der Waals surface area contributed by atoms with E-state index in [2.05, 4.69) is 21.1 Å². The van der Waals surface area contributed by atoms with Gasteiger partial charge in [-0.1, -0.05) is 12.0 Å². The maximum Gasteiger partial charge on any atom is 0.319 e. The molecule has 0 saturated carbocycles. The molecule has 0 radical (unpaired) electrons. The first-order valence-corrected chi connectivity index (χ1v) is 18.2. The zero-order valence-corrected chi connectivity index (χ0v) is 29.0. The lowest BCUT2D eigenvalue weighted by atomic mass is 9.77. The van der Waals surface area contributed by atoms with E-state index in [1.54, 1.807) is 0 Å². The first-order valence-electron chi connectivity index (χ1n) is 18.2. The van der Waals surface area contributed by atoms with Crippen molar-refractivity contribution in [3.8, 4) is 35.2 Å². The van der Waals surface area contributed by atoms with Crippen LogP contribution in [0.3, 0.4) is 0 Å². The van der Waals surface area contributed by atoms with Crippen LogP contribution < -0.4 is 15.0 Å². The van der Waals surface area contributed by atoms with E-state index < -0.39 is 45.3 Å². The van der Waals surface area contributed by atoms with E-state index in [1.165, 1.54) is 12.1 Å². The molecule has 0 amide bonds. The summed E-state index contributed by atoms with van der Waals surface area (Å²) in [5, 5.41) is 14.1. The van der Waals surface area contributed by atoms with Crippen molar-refractivity contribution >= 4 is 27.5 Å². The number of aromatic nitrogens is 2. The van der Waals surface area contributed by atoms with Crippen molar-refractivity contribution in [1.29, 1.82) is 0 Å². The Morgan fingerprint density at radius 3 is 2.68 bits per heavy atom. The van der Waals surface area contributed by atoms with Crippen molar-refractivity contribution in [3.63, 3.8) is 0 Å². The maximum absolute atomic E-state index is 17.2. The molecular formula is C40H38F5N5O3. The largest absolute Gasteiger partial charge is 0.508 e. The van der Waals surface area contributed by atoms with Crippen molar-refractivity contribution in [2.24, 2.45) is 5.92 Å². The zero-order valence-electron chi connectivity index (χ0n) is 29.0. The fourth-order valence-corrected chi connectivity index (χ4v) is 9.95. The van der Waals surface area contributed by atoms with Crippen LogP contribution in [0.25, 0.3) is 32.8 Å². The van der Waals surface area contributed by atoms with Crippen LogP contribution in [0.15, 0.2) is 36.2 Å². The van der Waals surface area contributed by atoms with E-state index in [1.807, 2.05) is 4.90 Å². The van der Waals surface area contributed by atoms with Crippen LogP contribution in [0.4, 0.5) is 27.8 Å². The Morgan fingerprint density at radius 1 is 1.06 bits per heavy atom. The van der Waals surface area contributed by atoms with E-state index in [9.17, 15) is 13.9 Å². The molecule has 5 aliphatic heterocycles. The third kappa shape index (κ3) is 5.43. The molecule has 0 spiro atoms. The molecule has 3 atom stereocenters. The monoisotopic (exact) mass is 731 g/mol. The fourth-order valence-electron chi connectivity index (χ4n) is 9.95. The van der Waals surface area contributed by atoms with E-state index in [-0.39, 0.29) is 63.6 Å². The van der Waals surface area contributed by atoms with Gasteiger partial charge in [0.2, 0.25) is 0 Å². The summed E-state index contributed by atoms with van der Waals surface area (Å²) in [5.41, 5.74) is -2.21. The molecule has 9 rings (SSSR count). The third-order valence-corrected chi connectivity index (χ3v) is 12.4. The Balaban J connectivity index is 1.23. The fraction of sp³-hybridized carbons (Fsp3) is 0.450. The zero-order chi connectivity index (χ0) is 36.6. The van der Waals surface area contributed by atoms with Crippen LogP contribution in [0.5, 0.6) is 11.8 Å². The van der Waals surface area contributed by atoms with Gasteiger partial charge in [0.1, 0.15) is 29.5 Å². The average Bonchev–Trinajstić information content (AvgIpc) is 3.83. The number of aromatic hydroxyl groups is 1. The lowest BCUT2D eigenvalue weighted by molar-refractivity contribution is 0.0308. The molecule has 3 aromatic carbocycles. The molecule has 5 aliphatic rings. The van der Waals surface area contributed by atoms with E-state index in [0.29, 0.717) is 51.2 Å². The third-order valence-electron chi connectivity index (χ3n) is 12.4. The number of benzene rings is 3. The summed E-state index contributed by atoms with van der Waals surface area (Å²) in [7, 11) is 0. The Morgan fingerprint density at radius 2 is 1.89 bits per heavy atom. The van der Waals surface area contributed by atoms with Crippen LogP contribution in [0.2, 0.25) is 0 Å². The van der Waals surface area contributed by atoms with Crippen molar-refractivity contribution in [2.45, 2.75) is 62.1 Å². The number of nitrogens with zero attached hydrogens (tertiary/aromatic N) is 4. The highest BCUT2D eigenvalue weighted by Crippen LogP contribution is 2.47. The summed E-state index contributed by atoms with van der Waals surface area (Å²) in [6, 6.07) is 4.52. The van der Waals surface area contributed by atoms with Gasteiger partial charge in [-0.2, -0.15) is 9.97 Å². The van der Waals surface area contributed by atoms with Crippen molar-refractivity contribution in [1.82, 2.24) is 20.2 Å². The summed E-state index contributed by atoms with van der Waals surface area (Å²) >= 11 is 0. The predicted octanol–water partition coefficient (Wildman–Crippen LogP) is 6.90. The second-order valence-corrected chi connectivity index (χ2v) is 15.3. The van der Waals surface area contributed by atoms with Crippen LogP contribution >= 0.6 is 0 Å². The van der Waals surface area contributed by atoms with Crippen molar-refractivity contribution in [3.05, 3.63) is 65.0 Å². The summed E-state index contributed by atoms with van der Waals surface area (Å²) in [5.74, 6) is -2.88. The molecule has 2 N–H and O–H groups in total. The minimum absolute atomic E-state index is 0.00403. The number of phenolic OH excluding ortho intramolecular Hbond substituents is 1. The predicted molar refractivity (Wildman–Crippen MR) is 189 cm³/mol. The van der Waals surface area contributed by atoms with Gasteiger partial charge in [0.05, 0.1) is 28.4 Å². The second-order valence-electron chi connectivity index (χ2n) is 15.3. The first-order chi connectivity index (χ1) is 25.6. The molecule has 53 heavy (non-hydrogen) atoms. The first kappa shape index (κ1) is 34.3. The Kier molecular flexibility index (Phi) is 8.29. The number of fused-ring (bicyclic) bond motifs is 5. The van der Waals surface area contributed by atoms with Crippen LogP contribution in [-0.2, 0) is 4.74 Å². The quantitative estimate of drug-likeness (QED) is 0.126. The molecular weight excluding hydrogens is 693 g/mol. The second kappa shape index (κ2) is 12.8. The highest BCUT2D eigenvalue weighted by Gasteiger charge is 2.51. The van der Waals surface area contributed by atoms with Gasteiger partial charge in [-0.25, -0.2) is 22.0 Å². The summed E-state index contributed by atoms with van der Waals surface area (Å²) in [4.78, 5) is 13.1. The van der Waals surface area contributed by atoms with Crippen molar-refractivity contribution < 1.29 is 36.5 Å². The number of nitrogens with one attached hydrogen (secondary N) is 1. The standard InChI is InChI=1S/C40H38F5N5O3/c1-2-27-29(42)5-4-23-14-26(51)15-28(30(23)27)31-33(43)34(44)32-36(35(31)45)46-38(53-21-39-9-3-11-50(39)18-22(16-39)17-41)47-37(32)49-19-25-6-10-40(20-49,48-25)24-7-12-52-13-8-24/h1,4-5,14-15,17,24-25,48,51H,3,6-13,16,18-21H2/b22-17-/t25-,39-,40+/m0/s1. The number of ether oxygens (including phenoxy) is 2. The van der Waals surface area contributed by atoms with Gasteiger partial charge < -0.3 is 24.8 Å². The van der Waals surface area contributed by atoms with Crippen LogP contribution in [0, 0.1) is 41.5 Å². The number of halogens is 5. The number of phenols is 1. The van der Waals surface area contributed by atoms with Gasteiger partial charge in [0, 0.05) is 55.4 Å². The summed E-state index contributed by atoms with van der Waals surface area (Å²) in [6.07, 6.45) is 11.8. The highest BCUT2D eigenvalue weighted by atomic mass is 19.2. The van der Waals surface area contributed by atoms with Gasteiger partial charge in [-0.05, 0) is 86.6 Å². The minimum atomic E-state index is -1.55. The van der Waals surface area contributed by atoms with Crippen LogP contribution in [0.1, 0.15) is 50.5 Å². The van der Waals surface area contributed by atoms with E-state index in [0.717, 1.165) is 57.2 Å². The smallest absolute Gasteiger partial charge is 0.319 e. The van der Waals surface area contributed by atoms with Gasteiger partial charge in [0.15, 0.2) is 17.5 Å². The Bertz CT molecular complexity index is 2240. The van der Waals surface area contributed by atoms with Crippen LogP contribution in [-0.4, -0.2) is 83.1 Å². The molecule has 8 nitrogen and oxygen atoms in total. The van der Waals surface area contributed by atoms with Gasteiger partial charge in [0.25, 0.3) is 0 Å². The number of rotatable bonds is 6. The lowest BCUT2D eigenvalue weighted by Crippen LogP contribution is -2.63. The molecule has 0 unspecified atom stereocenters. The highest BCUT2D eigenvalue weighted by molar-refractivity contribution is 6.04. The summed E-state index contributed by atoms with van der Waals surface area (Å²) in [6.45, 7) is 3.40. The number of anilines is 1. The summed E-state index contributed by atoms with van der Waals surface area (Å²) < 4.78 is 91.3. The SMILES string of the molecule is C#Cc1c(F)ccc2cc(O)cc(-c3c(F)c(F)c4c(N5C[C@@H]6CC[C@](C7CCOCC7)(C5)N6)nc(OC[C@@]56CCCN5C/C(=C\F)C6)nc4c3F)c12.